The topological polar surface area (TPSA) is 55.9 Å². The Labute approximate surface area is 293 Å². The second-order valence-corrected chi connectivity index (χ2v) is 13.3. The van der Waals surface area contributed by atoms with Crippen LogP contribution in [0.5, 0.6) is 0 Å². The van der Waals surface area contributed by atoms with E-state index >= 15 is 0 Å². The Morgan fingerprint density at radius 1 is 0.750 bits per heavy atom. The minimum absolute atomic E-state index is 0.0983. The summed E-state index contributed by atoms with van der Waals surface area (Å²) in [6.45, 7) is 5.67. The Morgan fingerprint density at radius 3 is 1.87 bits per heavy atom. The number of hydrogen-bond donors (Lipinski definition) is 1. The highest BCUT2D eigenvalue weighted by Gasteiger charge is 2.41. The molecule has 282 valence electrons. The number of halogens is 10. The molecule has 5 rings (SSSR count). The number of aryl methyl sites for hydroxylation is 2. The summed E-state index contributed by atoms with van der Waals surface area (Å²) in [7, 11) is 0. The molecule has 3 aromatic rings. The molecule has 0 saturated carbocycles. The van der Waals surface area contributed by atoms with E-state index in [0.29, 0.717) is 50.4 Å². The number of hydrogen-bond acceptors (Lipinski definition) is 4. The number of carbonyl (C=O) groups excluding carboxylic acids is 2. The quantitative estimate of drug-likeness (QED) is 0.250. The molecular formula is C36H36F10N4O2. The van der Waals surface area contributed by atoms with Crippen LogP contribution in [0.1, 0.15) is 56.6 Å². The predicted molar refractivity (Wildman–Crippen MR) is 172 cm³/mol. The van der Waals surface area contributed by atoms with Gasteiger partial charge in [0, 0.05) is 56.1 Å². The third-order valence-corrected chi connectivity index (χ3v) is 9.58. The van der Waals surface area contributed by atoms with E-state index in [1.54, 1.807) is 0 Å². The number of likely N-dealkylation sites (tertiary alicyclic amines) is 1. The number of carbonyl (C=O) groups is 2. The molecule has 0 unspecified atom stereocenters. The maximum absolute atomic E-state index is 14.4. The molecule has 0 aromatic heterocycles. The summed E-state index contributed by atoms with van der Waals surface area (Å²) in [5.74, 6) is -2.55. The molecule has 0 radical (unpaired) electrons. The van der Waals surface area contributed by atoms with Crippen molar-refractivity contribution in [3.05, 3.63) is 99.4 Å². The van der Waals surface area contributed by atoms with Crippen LogP contribution in [0, 0.1) is 19.7 Å². The van der Waals surface area contributed by atoms with Crippen molar-refractivity contribution in [3.8, 4) is 0 Å². The van der Waals surface area contributed by atoms with Gasteiger partial charge in [0.1, 0.15) is 5.82 Å². The summed E-state index contributed by atoms with van der Waals surface area (Å²) in [5, 5.41) is 2.95. The van der Waals surface area contributed by atoms with Gasteiger partial charge in [0.15, 0.2) is 0 Å². The van der Waals surface area contributed by atoms with Gasteiger partial charge in [-0.3, -0.25) is 19.4 Å². The zero-order chi connectivity index (χ0) is 38.2. The maximum atomic E-state index is 14.4. The van der Waals surface area contributed by atoms with Crippen molar-refractivity contribution in [3.63, 3.8) is 0 Å². The number of nitrogens with one attached hydrogen (secondary N) is 1. The van der Waals surface area contributed by atoms with Crippen molar-refractivity contribution in [2.75, 3.05) is 44.6 Å². The summed E-state index contributed by atoms with van der Waals surface area (Å²) in [5.41, 5.74) is -3.10. The molecule has 2 heterocycles. The van der Waals surface area contributed by atoms with Gasteiger partial charge in [0.25, 0.3) is 5.91 Å². The fraction of sp³-hybridized carbons (Fsp3) is 0.444. The average Bonchev–Trinajstić information content (AvgIpc) is 3.05. The molecule has 2 saturated heterocycles. The van der Waals surface area contributed by atoms with Gasteiger partial charge in [-0.2, -0.15) is 39.5 Å². The van der Waals surface area contributed by atoms with Crippen LogP contribution in [-0.2, 0) is 29.7 Å². The fourth-order valence-electron chi connectivity index (χ4n) is 6.95. The van der Waals surface area contributed by atoms with E-state index in [1.165, 1.54) is 0 Å². The van der Waals surface area contributed by atoms with Crippen LogP contribution >= 0.6 is 0 Å². The highest BCUT2D eigenvalue weighted by molar-refractivity contribution is 5.95. The van der Waals surface area contributed by atoms with Crippen LogP contribution < -0.4 is 5.32 Å². The number of nitrogens with zero attached hydrogens (tertiary/aromatic N) is 3. The van der Waals surface area contributed by atoms with E-state index in [0.717, 1.165) is 27.8 Å². The van der Waals surface area contributed by atoms with E-state index in [-0.39, 0.29) is 55.9 Å². The Morgan fingerprint density at radius 2 is 1.31 bits per heavy atom. The monoisotopic (exact) mass is 746 g/mol. The molecule has 0 bridgehead atoms. The van der Waals surface area contributed by atoms with Crippen LogP contribution in [0.2, 0.25) is 0 Å². The summed E-state index contributed by atoms with van der Waals surface area (Å²) >= 11 is 0. The zero-order valence-corrected chi connectivity index (χ0v) is 28.2. The fourth-order valence-corrected chi connectivity index (χ4v) is 6.95. The lowest BCUT2D eigenvalue weighted by molar-refractivity contribution is -0.143. The number of para-hydroxylation sites is 1. The molecule has 3 aromatic carbocycles. The summed E-state index contributed by atoms with van der Waals surface area (Å²) in [6.07, 6.45) is -15.3. The molecule has 6 nitrogen and oxygen atoms in total. The molecule has 16 heteroatoms. The summed E-state index contributed by atoms with van der Waals surface area (Å²) < 4.78 is 137. The Kier molecular flexibility index (Phi) is 11.3. The van der Waals surface area contributed by atoms with E-state index in [1.807, 2.05) is 36.9 Å². The van der Waals surface area contributed by atoms with Crippen molar-refractivity contribution < 1.29 is 53.5 Å². The van der Waals surface area contributed by atoms with Crippen LogP contribution in [0.15, 0.2) is 54.6 Å². The van der Waals surface area contributed by atoms with Crippen molar-refractivity contribution >= 4 is 17.5 Å². The number of benzene rings is 3. The molecule has 0 aliphatic carbocycles. The van der Waals surface area contributed by atoms with E-state index in [4.69, 9.17) is 0 Å². The molecule has 1 N–H and O–H groups in total. The Balaban J connectivity index is 1.35. The lowest BCUT2D eigenvalue weighted by Crippen LogP contribution is -2.57. The average molecular weight is 747 g/mol. The van der Waals surface area contributed by atoms with Gasteiger partial charge in [0.2, 0.25) is 5.91 Å². The van der Waals surface area contributed by atoms with Crippen LogP contribution in [-0.4, -0.2) is 77.9 Å². The highest BCUT2D eigenvalue weighted by atomic mass is 19.4. The molecular weight excluding hydrogens is 710 g/mol. The molecule has 2 amide bonds. The van der Waals surface area contributed by atoms with Gasteiger partial charge in [-0.15, -0.1) is 0 Å². The van der Waals surface area contributed by atoms with Crippen LogP contribution in [0.25, 0.3) is 0 Å². The van der Waals surface area contributed by atoms with Gasteiger partial charge in [-0.25, -0.2) is 4.39 Å². The van der Waals surface area contributed by atoms with Gasteiger partial charge < -0.3 is 10.2 Å². The van der Waals surface area contributed by atoms with Gasteiger partial charge in [-0.1, -0.05) is 18.2 Å². The largest absolute Gasteiger partial charge is 0.416 e. The van der Waals surface area contributed by atoms with Crippen molar-refractivity contribution in [1.82, 2.24) is 14.7 Å². The molecule has 2 aliphatic heterocycles. The number of piperazine rings is 1. The van der Waals surface area contributed by atoms with Gasteiger partial charge >= 0.3 is 18.5 Å². The van der Waals surface area contributed by atoms with E-state index < -0.39 is 58.5 Å². The summed E-state index contributed by atoms with van der Waals surface area (Å²) in [6, 6.07) is 6.80. The van der Waals surface area contributed by atoms with Gasteiger partial charge in [-0.05, 0) is 86.2 Å². The third-order valence-electron chi connectivity index (χ3n) is 9.58. The van der Waals surface area contributed by atoms with Crippen molar-refractivity contribution in [1.29, 1.82) is 0 Å². The minimum Gasteiger partial charge on any atom is -0.335 e. The Bertz CT molecular complexity index is 1730. The number of piperidine rings is 1. The summed E-state index contributed by atoms with van der Waals surface area (Å²) in [4.78, 5) is 31.7. The van der Waals surface area contributed by atoms with Crippen LogP contribution in [0.4, 0.5) is 49.6 Å². The lowest BCUT2D eigenvalue weighted by Gasteiger charge is -2.46. The molecule has 2 atom stereocenters. The molecule has 0 spiro atoms. The molecule has 52 heavy (non-hydrogen) atoms. The van der Waals surface area contributed by atoms with Crippen LogP contribution in [0.3, 0.4) is 0 Å². The highest BCUT2D eigenvalue weighted by Crippen LogP contribution is 2.38. The first-order chi connectivity index (χ1) is 24.2. The van der Waals surface area contributed by atoms with Crippen molar-refractivity contribution in [2.24, 2.45) is 0 Å². The van der Waals surface area contributed by atoms with E-state index in [2.05, 4.69) is 10.2 Å². The minimum atomic E-state index is -5.21. The number of amides is 2. The predicted octanol–water partition coefficient (Wildman–Crippen LogP) is 7.97. The third kappa shape index (κ3) is 9.43. The molecule has 2 aliphatic rings. The lowest BCUT2D eigenvalue weighted by atomic mass is 9.89. The van der Waals surface area contributed by atoms with Crippen molar-refractivity contribution in [2.45, 2.75) is 63.7 Å². The normalized spacial score (nSPS) is 19.5. The first-order valence-corrected chi connectivity index (χ1v) is 16.5. The Hall–Kier alpha value is -4.18. The first kappa shape index (κ1) is 39.0. The number of anilines is 1. The SMILES string of the molecule is Cc1cccc(C)c1NC(=O)CN1CCN([C@H]2CCN(C(=O)c3cc(C(F)(F)F)cc(C(F)(F)F)c3)[C@@H](Cc3cc(F)cc(C(F)(F)F)c3)C2)CC1. The zero-order valence-electron chi connectivity index (χ0n) is 28.2. The molecule has 2 fully saturated rings. The smallest absolute Gasteiger partial charge is 0.335 e. The second kappa shape index (κ2) is 15.0. The first-order valence-electron chi connectivity index (χ1n) is 16.5. The number of rotatable bonds is 7. The number of alkyl halides is 9. The van der Waals surface area contributed by atoms with E-state index in [9.17, 15) is 53.5 Å². The second-order valence-electron chi connectivity index (χ2n) is 13.3. The maximum Gasteiger partial charge on any atom is 0.416 e. The standard InChI is InChI=1S/C36H36F10N4O2/c1-21-4-3-5-22(2)32(21)47-31(51)20-48-8-10-49(11-9-48)29-6-7-50(30(19-29)14-23-12-25(34(38,39)40)18-28(37)13-23)33(52)24-15-26(35(41,42)43)17-27(16-24)36(44,45)46/h3-5,12-13,15-18,29-30H,6-11,14,19-20H2,1-2H3,(H,47,51)/t29-,30-/m0/s1. The van der Waals surface area contributed by atoms with Gasteiger partial charge in [0.05, 0.1) is 23.2 Å².